The Hall–Kier alpha value is -1.99. The molecule has 0 fully saturated rings. The van der Waals surface area contributed by atoms with E-state index in [1.54, 1.807) is 0 Å². The fourth-order valence-electron chi connectivity index (χ4n) is 1.35. The number of carbonyl (C=O) groups is 2. The number of carbonyl (C=O) groups excluding carboxylic acids is 2. The number of amides is 2. The van der Waals surface area contributed by atoms with Crippen LogP contribution in [0.25, 0.3) is 0 Å². The third kappa shape index (κ3) is 6.26. The Morgan fingerprint density at radius 1 is 1.10 bits per heavy atom. The average molecular weight is 284 g/mol. The number of aliphatic hydroxyl groups is 1. The standard InChI is InChI=1S/C13H17FN2O4/c14-11-3-1-10(2-4-11)9-16-13(19)12(18)15-5-7-20-8-6-17/h1-4,17H,5-9H2,(H,15,18)(H,16,19). The summed E-state index contributed by atoms with van der Waals surface area (Å²) in [6.45, 7) is 0.645. The van der Waals surface area contributed by atoms with E-state index in [9.17, 15) is 14.0 Å². The van der Waals surface area contributed by atoms with E-state index in [1.165, 1.54) is 24.3 Å². The molecule has 7 heteroatoms. The van der Waals surface area contributed by atoms with Crippen molar-refractivity contribution in [1.29, 1.82) is 0 Å². The zero-order chi connectivity index (χ0) is 14.8. The predicted octanol–water partition coefficient (Wildman–Crippen LogP) is -0.433. The quantitative estimate of drug-likeness (QED) is 0.468. The van der Waals surface area contributed by atoms with Gasteiger partial charge in [-0.3, -0.25) is 9.59 Å². The van der Waals surface area contributed by atoms with Gasteiger partial charge in [0.1, 0.15) is 5.82 Å². The van der Waals surface area contributed by atoms with Gasteiger partial charge in [-0.25, -0.2) is 4.39 Å². The number of nitrogens with one attached hydrogen (secondary N) is 2. The molecule has 0 bridgehead atoms. The molecular formula is C13H17FN2O4. The number of rotatable bonds is 7. The molecule has 0 atom stereocenters. The minimum Gasteiger partial charge on any atom is -0.394 e. The molecule has 1 rings (SSSR count). The lowest BCUT2D eigenvalue weighted by Crippen LogP contribution is -2.40. The summed E-state index contributed by atoms with van der Waals surface area (Å²) in [7, 11) is 0. The normalized spacial score (nSPS) is 10.1. The fraction of sp³-hybridized carbons (Fsp3) is 0.385. The molecule has 0 aliphatic carbocycles. The highest BCUT2D eigenvalue weighted by atomic mass is 19.1. The Morgan fingerprint density at radius 3 is 2.40 bits per heavy atom. The van der Waals surface area contributed by atoms with E-state index in [1.807, 2.05) is 0 Å². The van der Waals surface area contributed by atoms with Crippen LogP contribution >= 0.6 is 0 Å². The van der Waals surface area contributed by atoms with Crippen LogP contribution in [0.3, 0.4) is 0 Å². The highest BCUT2D eigenvalue weighted by Crippen LogP contribution is 2.01. The van der Waals surface area contributed by atoms with Gasteiger partial charge in [0.2, 0.25) is 0 Å². The van der Waals surface area contributed by atoms with Crippen molar-refractivity contribution in [3.63, 3.8) is 0 Å². The first-order valence-electron chi connectivity index (χ1n) is 6.12. The third-order valence-electron chi connectivity index (χ3n) is 2.34. The molecule has 1 aromatic carbocycles. The van der Waals surface area contributed by atoms with Gasteiger partial charge in [0.25, 0.3) is 0 Å². The zero-order valence-electron chi connectivity index (χ0n) is 10.9. The number of hydrogen-bond acceptors (Lipinski definition) is 4. The van der Waals surface area contributed by atoms with Crippen LogP contribution in [-0.2, 0) is 20.9 Å². The number of benzene rings is 1. The first-order chi connectivity index (χ1) is 9.63. The van der Waals surface area contributed by atoms with Crippen LogP contribution in [0, 0.1) is 5.82 Å². The molecule has 0 unspecified atom stereocenters. The molecule has 3 N–H and O–H groups in total. The smallest absolute Gasteiger partial charge is 0.309 e. The van der Waals surface area contributed by atoms with Gasteiger partial charge < -0.3 is 20.5 Å². The van der Waals surface area contributed by atoms with Crippen molar-refractivity contribution < 1.29 is 23.8 Å². The minimum absolute atomic E-state index is 0.0912. The van der Waals surface area contributed by atoms with E-state index in [4.69, 9.17) is 9.84 Å². The second-order valence-electron chi connectivity index (χ2n) is 3.90. The molecule has 0 aliphatic heterocycles. The summed E-state index contributed by atoms with van der Waals surface area (Å²) in [5.74, 6) is -1.89. The van der Waals surface area contributed by atoms with E-state index >= 15 is 0 Å². The number of halogens is 1. The van der Waals surface area contributed by atoms with Gasteiger partial charge in [-0.1, -0.05) is 12.1 Å². The van der Waals surface area contributed by atoms with Crippen LogP contribution in [0.5, 0.6) is 0 Å². The van der Waals surface area contributed by atoms with Gasteiger partial charge in [0, 0.05) is 13.1 Å². The highest BCUT2D eigenvalue weighted by molar-refractivity contribution is 6.35. The Kier molecular flexibility index (Phi) is 7.23. The van der Waals surface area contributed by atoms with Crippen molar-refractivity contribution in [3.05, 3.63) is 35.6 Å². The molecule has 0 saturated carbocycles. The van der Waals surface area contributed by atoms with Gasteiger partial charge in [-0.15, -0.1) is 0 Å². The number of hydrogen-bond donors (Lipinski definition) is 3. The van der Waals surface area contributed by atoms with E-state index < -0.39 is 11.8 Å². The van der Waals surface area contributed by atoms with Gasteiger partial charge in [0.15, 0.2) is 0 Å². The van der Waals surface area contributed by atoms with Crippen molar-refractivity contribution in [1.82, 2.24) is 10.6 Å². The van der Waals surface area contributed by atoms with Crippen molar-refractivity contribution in [3.8, 4) is 0 Å². The lowest BCUT2D eigenvalue weighted by Gasteiger charge is -2.07. The van der Waals surface area contributed by atoms with Crippen molar-refractivity contribution in [2.45, 2.75) is 6.54 Å². The van der Waals surface area contributed by atoms with E-state index in [-0.39, 0.29) is 38.7 Å². The van der Waals surface area contributed by atoms with Crippen molar-refractivity contribution in [2.24, 2.45) is 0 Å². The van der Waals surface area contributed by atoms with E-state index in [0.29, 0.717) is 5.56 Å². The fourth-order valence-corrected chi connectivity index (χ4v) is 1.35. The minimum atomic E-state index is -0.767. The molecule has 2 amide bonds. The molecule has 6 nitrogen and oxygen atoms in total. The summed E-state index contributed by atoms with van der Waals surface area (Å²) in [6.07, 6.45) is 0. The molecule has 110 valence electrons. The second kappa shape index (κ2) is 9.00. The maximum absolute atomic E-state index is 12.7. The van der Waals surface area contributed by atoms with Crippen LogP contribution < -0.4 is 10.6 Å². The SMILES string of the molecule is O=C(NCCOCCO)C(=O)NCc1ccc(F)cc1. The lowest BCUT2D eigenvalue weighted by atomic mass is 10.2. The van der Waals surface area contributed by atoms with E-state index in [2.05, 4.69) is 10.6 Å². The predicted molar refractivity (Wildman–Crippen MR) is 69.2 cm³/mol. The molecule has 0 aromatic heterocycles. The molecule has 0 radical (unpaired) electrons. The van der Waals surface area contributed by atoms with Crippen molar-refractivity contribution >= 4 is 11.8 Å². The Labute approximate surface area is 115 Å². The molecule has 0 heterocycles. The van der Waals surface area contributed by atoms with Gasteiger partial charge in [0.05, 0.1) is 19.8 Å². The number of aliphatic hydroxyl groups excluding tert-OH is 1. The molecule has 0 saturated heterocycles. The van der Waals surface area contributed by atoms with Crippen LogP contribution in [-0.4, -0.2) is 43.3 Å². The maximum Gasteiger partial charge on any atom is 0.309 e. The van der Waals surface area contributed by atoms with Crippen LogP contribution in [0.2, 0.25) is 0 Å². The second-order valence-corrected chi connectivity index (χ2v) is 3.90. The molecule has 20 heavy (non-hydrogen) atoms. The van der Waals surface area contributed by atoms with Crippen LogP contribution in [0.15, 0.2) is 24.3 Å². The Morgan fingerprint density at radius 2 is 1.75 bits per heavy atom. The van der Waals surface area contributed by atoms with Gasteiger partial charge in [-0.2, -0.15) is 0 Å². The summed E-state index contributed by atoms with van der Waals surface area (Å²) >= 11 is 0. The largest absolute Gasteiger partial charge is 0.394 e. The molecule has 0 spiro atoms. The Balaban J connectivity index is 2.21. The topological polar surface area (TPSA) is 87.7 Å². The first-order valence-corrected chi connectivity index (χ1v) is 6.12. The van der Waals surface area contributed by atoms with E-state index in [0.717, 1.165) is 0 Å². The van der Waals surface area contributed by atoms with Crippen LogP contribution in [0.1, 0.15) is 5.56 Å². The highest BCUT2D eigenvalue weighted by Gasteiger charge is 2.11. The molecule has 0 aliphatic rings. The molecular weight excluding hydrogens is 267 g/mol. The van der Waals surface area contributed by atoms with Crippen molar-refractivity contribution in [2.75, 3.05) is 26.4 Å². The monoisotopic (exact) mass is 284 g/mol. The van der Waals surface area contributed by atoms with Gasteiger partial charge in [-0.05, 0) is 17.7 Å². The summed E-state index contributed by atoms with van der Waals surface area (Å²) < 4.78 is 17.6. The van der Waals surface area contributed by atoms with Crippen LogP contribution in [0.4, 0.5) is 4.39 Å². The maximum atomic E-state index is 12.7. The summed E-state index contributed by atoms with van der Waals surface area (Å²) in [5, 5.41) is 13.2. The lowest BCUT2D eigenvalue weighted by molar-refractivity contribution is -0.139. The summed E-state index contributed by atoms with van der Waals surface area (Å²) in [6, 6.07) is 5.60. The summed E-state index contributed by atoms with van der Waals surface area (Å²) in [5.41, 5.74) is 0.693. The summed E-state index contributed by atoms with van der Waals surface area (Å²) in [4.78, 5) is 22.8. The Bertz CT molecular complexity index is 437. The number of ether oxygens (including phenoxy) is 1. The van der Waals surface area contributed by atoms with Gasteiger partial charge >= 0.3 is 11.8 Å². The average Bonchev–Trinajstić information content (AvgIpc) is 2.46. The molecule has 1 aromatic rings. The zero-order valence-corrected chi connectivity index (χ0v) is 10.9. The third-order valence-corrected chi connectivity index (χ3v) is 2.34. The first kappa shape index (κ1) is 16.1.